The summed E-state index contributed by atoms with van der Waals surface area (Å²) in [5.74, 6) is -0.128. The van der Waals surface area contributed by atoms with Crippen molar-refractivity contribution >= 4 is 42.6 Å². The molecule has 0 amide bonds. The summed E-state index contributed by atoms with van der Waals surface area (Å²) < 4.78 is 47.0. The van der Waals surface area contributed by atoms with Crippen molar-refractivity contribution in [1.29, 1.82) is 0 Å². The van der Waals surface area contributed by atoms with Gasteiger partial charge in [0.05, 0.1) is 12.0 Å². The fraction of sp³-hybridized carbons (Fsp3) is 0.300. The number of nitrogens with zero attached hydrogens (tertiary/aromatic N) is 1. The molecule has 0 fully saturated rings. The lowest BCUT2D eigenvalue weighted by Gasteiger charge is -2.06. The van der Waals surface area contributed by atoms with Crippen LogP contribution in [0.25, 0.3) is 22.2 Å². The maximum Gasteiger partial charge on any atom is 0.229 e. The molecule has 11 heteroatoms. The summed E-state index contributed by atoms with van der Waals surface area (Å²) in [5, 5.41) is 5.81. The third-order valence-electron chi connectivity index (χ3n) is 4.61. The third kappa shape index (κ3) is 6.88. The van der Waals surface area contributed by atoms with Crippen LogP contribution in [0.3, 0.4) is 0 Å². The minimum atomic E-state index is -3.50. The molecular formula is C20H24N4O5S2. The number of fused-ring (bicyclic) bond motifs is 1. The van der Waals surface area contributed by atoms with Crippen LogP contribution < -0.4 is 9.86 Å². The minimum Gasteiger partial charge on any atom is -0.343 e. The molecule has 1 aromatic carbocycles. The van der Waals surface area contributed by atoms with Crippen molar-refractivity contribution < 1.29 is 21.6 Å². The van der Waals surface area contributed by atoms with Gasteiger partial charge in [0, 0.05) is 35.8 Å². The molecule has 31 heavy (non-hydrogen) atoms. The molecule has 9 nitrogen and oxygen atoms in total. The van der Waals surface area contributed by atoms with E-state index >= 15 is 0 Å². The number of hydrogen-bond acceptors (Lipinski definition) is 6. The van der Waals surface area contributed by atoms with Gasteiger partial charge in [-0.05, 0) is 48.2 Å². The number of anilines is 1. The van der Waals surface area contributed by atoms with Gasteiger partial charge in [-0.2, -0.15) is 0 Å². The number of nitrogens with one attached hydrogen (secondary N) is 2. The lowest BCUT2D eigenvalue weighted by molar-refractivity contribution is -0.118. The number of hydrogen-bond donors (Lipinski definition) is 3. The molecule has 0 saturated carbocycles. The molecule has 166 valence electrons. The van der Waals surface area contributed by atoms with Gasteiger partial charge >= 0.3 is 0 Å². The Balaban J connectivity index is 1.72. The Morgan fingerprint density at radius 2 is 1.81 bits per heavy atom. The number of sulfonamides is 2. The summed E-state index contributed by atoms with van der Waals surface area (Å²) in [4.78, 5) is 19.7. The quantitative estimate of drug-likeness (QED) is 0.391. The Hall–Kier alpha value is -2.76. The Labute approximate surface area is 181 Å². The summed E-state index contributed by atoms with van der Waals surface area (Å²) in [7, 11) is -6.85. The number of aromatic amines is 1. The van der Waals surface area contributed by atoms with Crippen LogP contribution in [0.5, 0.6) is 0 Å². The second-order valence-corrected chi connectivity index (χ2v) is 10.9. The summed E-state index contributed by atoms with van der Waals surface area (Å²) in [6.45, 7) is 0. The van der Waals surface area contributed by atoms with E-state index in [4.69, 9.17) is 5.14 Å². The van der Waals surface area contributed by atoms with E-state index in [-0.39, 0.29) is 24.4 Å². The van der Waals surface area contributed by atoms with Gasteiger partial charge in [-0.15, -0.1) is 0 Å². The molecule has 2 aromatic heterocycles. The van der Waals surface area contributed by atoms with Crippen LogP contribution in [-0.4, -0.2) is 44.6 Å². The van der Waals surface area contributed by atoms with E-state index in [1.807, 2.05) is 24.3 Å². The number of H-pyrrole nitrogens is 1. The van der Waals surface area contributed by atoms with Crippen LogP contribution in [0.2, 0.25) is 0 Å². The van der Waals surface area contributed by atoms with Crippen molar-refractivity contribution in [2.75, 3.05) is 16.7 Å². The largest absolute Gasteiger partial charge is 0.343 e. The SMILES string of the molecule is CS(=O)(=O)Nc1ccc(-c2ccnc3[nH]c(CC(=O)CCCCS(N)(=O)=O)cc23)cc1. The molecule has 0 bridgehead atoms. The van der Waals surface area contributed by atoms with E-state index < -0.39 is 20.0 Å². The van der Waals surface area contributed by atoms with Crippen molar-refractivity contribution in [2.45, 2.75) is 25.7 Å². The van der Waals surface area contributed by atoms with Gasteiger partial charge in [0.2, 0.25) is 20.0 Å². The first-order valence-electron chi connectivity index (χ1n) is 9.57. The average Bonchev–Trinajstić information content (AvgIpc) is 3.06. The van der Waals surface area contributed by atoms with E-state index in [9.17, 15) is 21.6 Å². The highest BCUT2D eigenvalue weighted by atomic mass is 32.2. The zero-order valence-electron chi connectivity index (χ0n) is 17.0. The van der Waals surface area contributed by atoms with Gasteiger partial charge in [0.15, 0.2) is 0 Å². The first-order chi connectivity index (χ1) is 14.5. The fourth-order valence-corrected chi connectivity index (χ4v) is 4.46. The molecular weight excluding hydrogens is 440 g/mol. The Bertz CT molecular complexity index is 1300. The van der Waals surface area contributed by atoms with Crippen LogP contribution in [-0.2, 0) is 31.3 Å². The van der Waals surface area contributed by atoms with Crippen molar-refractivity contribution in [3.63, 3.8) is 0 Å². The Morgan fingerprint density at radius 1 is 1.10 bits per heavy atom. The van der Waals surface area contributed by atoms with Crippen molar-refractivity contribution in [2.24, 2.45) is 5.14 Å². The van der Waals surface area contributed by atoms with Crippen LogP contribution >= 0.6 is 0 Å². The first-order valence-corrected chi connectivity index (χ1v) is 13.2. The summed E-state index contributed by atoms with van der Waals surface area (Å²) >= 11 is 0. The highest BCUT2D eigenvalue weighted by Gasteiger charge is 2.12. The molecule has 0 radical (unpaired) electrons. The van der Waals surface area contributed by atoms with Gasteiger partial charge in [0.1, 0.15) is 11.4 Å². The van der Waals surface area contributed by atoms with E-state index in [2.05, 4.69) is 14.7 Å². The highest BCUT2D eigenvalue weighted by molar-refractivity contribution is 7.92. The maximum absolute atomic E-state index is 12.2. The van der Waals surface area contributed by atoms with Gasteiger partial charge in [0.25, 0.3) is 0 Å². The zero-order valence-corrected chi connectivity index (χ0v) is 18.6. The van der Waals surface area contributed by atoms with Crippen LogP contribution in [0.4, 0.5) is 5.69 Å². The second kappa shape index (κ2) is 9.16. The molecule has 0 aliphatic carbocycles. The maximum atomic E-state index is 12.2. The first kappa shape index (κ1) is 22.9. The molecule has 0 atom stereocenters. The highest BCUT2D eigenvalue weighted by Crippen LogP contribution is 2.29. The van der Waals surface area contributed by atoms with Gasteiger partial charge in [-0.1, -0.05) is 12.1 Å². The van der Waals surface area contributed by atoms with Crippen LogP contribution in [0, 0.1) is 0 Å². The van der Waals surface area contributed by atoms with Crippen LogP contribution in [0.1, 0.15) is 25.0 Å². The summed E-state index contributed by atoms with van der Waals surface area (Å²) in [6.07, 6.45) is 4.05. The molecule has 0 unspecified atom stereocenters. The van der Waals surface area contributed by atoms with Crippen molar-refractivity contribution in [3.8, 4) is 11.1 Å². The number of Topliss-reactive ketones (excluding diaryl/α,β-unsaturated/α-hetero) is 1. The monoisotopic (exact) mass is 464 g/mol. The number of carbonyl (C=O) groups excluding carboxylic acids is 1. The van der Waals surface area contributed by atoms with E-state index in [1.165, 1.54) is 0 Å². The zero-order chi connectivity index (χ0) is 22.6. The summed E-state index contributed by atoms with van der Waals surface area (Å²) in [6, 6.07) is 10.7. The predicted molar refractivity (Wildman–Crippen MR) is 121 cm³/mol. The number of pyridine rings is 1. The third-order valence-corrected chi connectivity index (χ3v) is 6.07. The smallest absolute Gasteiger partial charge is 0.229 e. The molecule has 0 saturated heterocycles. The van der Waals surface area contributed by atoms with Crippen molar-refractivity contribution in [1.82, 2.24) is 9.97 Å². The van der Waals surface area contributed by atoms with E-state index in [1.54, 1.807) is 18.3 Å². The lowest BCUT2D eigenvalue weighted by Crippen LogP contribution is -2.16. The van der Waals surface area contributed by atoms with Gasteiger partial charge in [-0.3, -0.25) is 9.52 Å². The fourth-order valence-electron chi connectivity index (χ4n) is 3.29. The van der Waals surface area contributed by atoms with E-state index in [0.29, 0.717) is 24.2 Å². The summed E-state index contributed by atoms with van der Waals surface area (Å²) in [5.41, 5.74) is 3.62. The second-order valence-electron chi connectivity index (χ2n) is 7.41. The molecule has 3 rings (SSSR count). The minimum absolute atomic E-state index is 0.00118. The molecule has 3 aromatic rings. The molecule has 2 heterocycles. The Kier molecular flexibility index (Phi) is 6.77. The predicted octanol–water partition coefficient (Wildman–Crippen LogP) is 2.17. The average molecular weight is 465 g/mol. The number of primary sulfonamides is 1. The van der Waals surface area contributed by atoms with E-state index in [0.717, 1.165) is 28.5 Å². The number of ketones is 1. The number of unbranched alkanes of at least 4 members (excludes halogenated alkanes) is 1. The molecule has 0 aliphatic heterocycles. The molecule has 0 aliphatic rings. The van der Waals surface area contributed by atoms with Gasteiger partial charge < -0.3 is 4.98 Å². The molecule has 4 N–H and O–H groups in total. The lowest BCUT2D eigenvalue weighted by atomic mass is 10.0. The molecule has 0 spiro atoms. The number of benzene rings is 1. The number of aromatic nitrogens is 2. The Morgan fingerprint density at radius 3 is 2.45 bits per heavy atom. The standard InChI is InChI=1S/C20H24N4O5S2/c1-30(26,27)24-15-7-5-14(6-8-15)18-9-10-22-20-19(18)13-16(23-20)12-17(25)4-2-3-11-31(21,28)29/h5-10,13,24H,2-4,11-12H2,1H3,(H,22,23)(H2,21,28,29). The van der Waals surface area contributed by atoms with Crippen molar-refractivity contribution in [3.05, 3.63) is 48.3 Å². The normalized spacial score (nSPS) is 12.2. The van der Waals surface area contributed by atoms with Crippen LogP contribution in [0.15, 0.2) is 42.6 Å². The number of nitrogens with two attached hydrogens (primary N) is 1. The van der Waals surface area contributed by atoms with Gasteiger partial charge in [-0.25, -0.2) is 27.0 Å². The number of rotatable bonds is 10. The number of carbonyl (C=O) groups is 1. The topological polar surface area (TPSA) is 152 Å².